The summed E-state index contributed by atoms with van der Waals surface area (Å²) in [5, 5.41) is 12.1. The Balaban J connectivity index is 2.38. The molecule has 0 fully saturated rings. The van der Waals surface area contributed by atoms with Gasteiger partial charge in [0, 0.05) is 11.4 Å². The molecule has 2 N–H and O–H groups in total. The van der Waals surface area contributed by atoms with E-state index in [2.05, 4.69) is 5.32 Å². The molecule has 4 nitrogen and oxygen atoms in total. The molecule has 16 heavy (non-hydrogen) atoms. The molecule has 0 radical (unpaired) electrons. The number of hydrogen-bond donors (Lipinski definition) is 2. The Morgan fingerprint density at radius 1 is 1.62 bits per heavy atom. The first-order chi connectivity index (χ1) is 7.63. The van der Waals surface area contributed by atoms with Crippen molar-refractivity contribution in [2.45, 2.75) is 12.5 Å². The third-order valence-corrected chi connectivity index (χ3v) is 2.35. The maximum atomic E-state index is 10.7. The van der Waals surface area contributed by atoms with E-state index in [0.29, 0.717) is 23.8 Å². The monoisotopic (exact) mass is 243 g/mol. The Labute approximate surface area is 99.2 Å². The SMILES string of the molecule is CNC(CCOc1cccc(Cl)c1)C(=O)O. The molecular weight excluding hydrogens is 230 g/mol. The van der Waals surface area contributed by atoms with Gasteiger partial charge in [0.05, 0.1) is 6.61 Å². The van der Waals surface area contributed by atoms with Crippen molar-refractivity contribution in [2.75, 3.05) is 13.7 Å². The number of likely N-dealkylation sites (N-methyl/N-ethyl adjacent to an activating group) is 1. The van der Waals surface area contributed by atoms with Crippen LogP contribution in [-0.4, -0.2) is 30.8 Å². The van der Waals surface area contributed by atoms with Crippen LogP contribution in [0.5, 0.6) is 5.75 Å². The molecule has 1 rings (SSSR count). The minimum Gasteiger partial charge on any atom is -0.493 e. The molecule has 0 bridgehead atoms. The van der Waals surface area contributed by atoms with E-state index in [1.54, 1.807) is 31.3 Å². The number of ether oxygens (including phenoxy) is 1. The maximum Gasteiger partial charge on any atom is 0.320 e. The summed E-state index contributed by atoms with van der Waals surface area (Å²) in [4.78, 5) is 10.7. The van der Waals surface area contributed by atoms with Crippen molar-refractivity contribution in [2.24, 2.45) is 0 Å². The summed E-state index contributed by atoms with van der Waals surface area (Å²) in [5.74, 6) is -0.232. The molecule has 0 aliphatic carbocycles. The predicted octanol–water partition coefficient (Wildman–Crippen LogP) is 1.78. The Morgan fingerprint density at radius 3 is 2.94 bits per heavy atom. The predicted molar refractivity (Wildman–Crippen MR) is 62.0 cm³/mol. The van der Waals surface area contributed by atoms with Gasteiger partial charge in [-0.05, 0) is 25.2 Å². The molecule has 5 heteroatoms. The highest BCUT2D eigenvalue weighted by Gasteiger charge is 2.14. The van der Waals surface area contributed by atoms with Gasteiger partial charge in [-0.15, -0.1) is 0 Å². The Morgan fingerprint density at radius 2 is 2.38 bits per heavy atom. The highest BCUT2D eigenvalue weighted by Crippen LogP contribution is 2.17. The van der Waals surface area contributed by atoms with Crippen LogP contribution < -0.4 is 10.1 Å². The van der Waals surface area contributed by atoms with Gasteiger partial charge in [-0.2, -0.15) is 0 Å². The Hall–Kier alpha value is -1.26. The molecule has 0 saturated carbocycles. The normalized spacial score (nSPS) is 12.1. The molecule has 0 aliphatic heterocycles. The van der Waals surface area contributed by atoms with Crippen LogP contribution >= 0.6 is 11.6 Å². The summed E-state index contributed by atoms with van der Waals surface area (Å²) in [7, 11) is 1.61. The van der Waals surface area contributed by atoms with Crippen molar-refractivity contribution >= 4 is 17.6 Å². The van der Waals surface area contributed by atoms with Crippen molar-refractivity contribution in [3.8, 4) is 5.75 Å². The smallest absolute Gasteiger partial charge is 0.320 e. The largest absolute Gasteiger partial charge is 0.493 e. The lowest BCUT2D eigenvalue weighted by molar-refractivity contribution is -0.139. The van der Waals surface area contributed by atoms with Gasteiger partial charge in [0.2, 0.25) is 0 Å². The zero-order chi connectivity index (χ0) is 12.0. The number of aliphatic carboxylic acids is 1. The Kier molecular flexibility index (Phi) is 5.08. The zero-order valence-electron chi connectivity index (χ0n) is 8.94. The summed E-state index contributed by atoms with van der Waals surface area (Å²) in [6.07, 6.45) is 0.401. The van der Waals surface area contributed by atoms with Crippen molar-refractivity contribution in [1.82, 2.24) is 5.32 Å². The third-order valence-electron chi connectivity index (χ3n) is 2.12. The van der Waals surface area contributed by atoms with E-state index in [4.69, 9.17) is 21.4 Å². The van der Waals surface area contributed by atoms with Crippen LogP contribution in [0, 0.1) is 0 Å². The molecule has 0 aliphatic rings. The number of benzene rings is 1. The molecule has 88 valence electrons. The first-order valence-electron chi connectivity index (χ1n) is 4.92. The minimum atomic E-state index is -0.878. The van der Waals surface area contributed by atoms with Gasteiger partial charge in [-0.1, -0.05) is 17.7 Å². The molecule has 0 saturated heterocycles. The van der Waals surface area contributed by atoms with Crippen LogP contribution in [-0.2, 0) is 4.79 Å². The first-order valence-corrected chi connectivity index (χ1v) is 5.29. The van der Waals surface area contributed by atoms with Gasteiger partial charge in [-0.3, -0.25) is 4.79 Å². The van der Waals surface area contributed by atoms with Gasteiger partial charge >= 0.3 is 5.97 Å². The number of carboxylic acids is 1. The average Bonchev–Trinajstić information content (AvgIpc) is 2.24. The molecule has 0 heterocycles. The van der Waals surface area contributed by atoms with Gasteiger partial charge in [-0.25, -0.2) is 0 Å². The third kappa shape index (κ3) is 4.08. The van der Waals surface area contributed by atoms with Crippen LogP contribution in [0.25, 0.3) is 0 Å². The summed E-state index contributed by atoms with van der Waals surface area (Å²) < 4.78 is 5.38. The second-order valence-corrected chi connectivity index (χ2v) is 3.71. The van der Waals surface area contributed by atoms with E-state index in [1.807, 2.05) is 0 Å². The molecule has 0 spiro atoms. The van der Waals surface area contributed by atoms with Gasteiger partial charge in [0.25, 0.3) is 0 Å². The van der Waals surface area contributed by atoms with Crippen molar-refractivity contribution in [3.63, 3.8) is 0 Å². The van der Waals surface area contributed by atoms with Crippen LogP contribution in [0.2, 0.25) is 5.02 Å². The summed E-state index contributed by atoms with van der Waals surface area (Å²) >= 11 is 5.78. The molecular formula is C11H14ClNO3. The fourth-order valence-electron chi connectivity index (χ4n) is 1.24. The quantitative estimate of drug-likeness (QED) is 0.800. The lowest BCUT2D eigenvalue weighted by Gasteiger charge is -2.11. The summed E-state index contributed by atoms with van der Waals surface area (Å²) in [5.41, 5.74) is 0. The lowest BCUT2D eigenvalue weighted by atomic mass is 10.2. The number of nitrogens with one attached hydrogen (secondary N) is 1. The van der Waals surface area contributed by atoms with Crippen LogP contribution in [0.1, 0.15) is 6.42 Å². The molecule has 1 atom stereocenters. The number of hydrogen-bond acceptors (Lipinski definition) is 3. The Bertz CT molecular complexity index is 357. The number of carbonyl (C=O) groups is 1. The van der Waals surface area contributed by atoms with E-state index in [0.717, 1.165) is 0 Å². The molecule has 1 unspecified atom stereocenters. The highest BCUT2D eigenvalue weighted by molar-refractivity contribution is 6.30. The minimum absolute atomic E-state index is 0.331. The summed E-state index contributed by atoms with van der Waals surface area (Å²) in [6, 6.07) is 6.42. The number of halogens is 1. The van der Waals surface area contributed by atoms with E-state index in [9.17, 15) is 4.79 Å². The van der Waals surface area contributed by atoms with Crippen LogP contribution in [0.4, 0.5) is 0 Å². The van der Waals surface area contributed by atoms with Gasteiger partial charge < -0.3 is 15.2 Å². The molecule has 0 amide bonds. The molecule has 1 aromatic rings. The van der Waals surface area contributed by atoms with E-state index < -0.39 is 12.0 Å². The van der Waals surface area contributed by atoms with Crippen molar-refractivity contribution in [3.05, 3.63) is 29.3 Å². The van der Waals surface area contributed by atoms with Crippen LogP contribution in [0.15, 0.2) is 24.3 Å². The first kappa shape index (κ1) is 12.8. The van der Waals surface area contributed by atoms with Crippen LogP contribution in [0.3, 0.4) is 0 Å². The average molecular weight is 244 g/mol. The maximum absolute atomic E-state index is 10.7. The zero-order valence-corrected chi connectivity index (χ0v) is 9.70. The molecule has 1 aromatic carbocycles. The van der Waals surface area contributed by atoms with Crippen molar-refractivity contribution < 1.29 is 14.6 Å². The van der Waals surface area contributed by atoms with Gasteiger partial charge in [0.15, 0.2) is 0 Å². The van der Waals surface area contributed by atoms with E-state index in [1.165, 1.54) is 0 Å². The molecule has 0 aromatic heterocycles. The second kappa shape index (κ2) is 6.35. The van der Waals surface area contributed by atoms with E-state index >= 15 is 0 Å². The number of rotatable bonds is 6. The fraction of sp³-hybridized carbons (Fsp3) is 0.364. The summed E-state index contributed by atoms with van der Waals surface area (Å²) in [6.45, 7) is 0.331. The van der Waals surface area contributed by atoms with Gasteiger partial charge in [0.1, 0.15) is 11.8 Å². The second-order valence-electron chi connectivity index (χ2n) is 3.27. The lowest BCUT2D eigenvalue weighted by Crippen LogP contribution is -2.35. The topological polar surface area (TPSA) is 58.6 Å². The highest BCUT2D eigenvalue weighted by atomic mass is 35.5. The van der Waals surface area contributed by atoms with Crippen molar-refractivity contribution in [1.29, 1.82) is 0 Å². The standard InChI is InChI=1S/C11H14ClNO3/c1-13-10(11(14)15)5-6-16-9-4-2-3-8(12)7-9/h2-4,7,10,13H,5-6H2,1H3,(H,14,15). The fourth-order valence-corrected chi connectivity index (χ4v) is 1.42. The number of carboxylic acid groups (broad SMARTS) is 1. The van der Waals surface area contributed by atoms with E-state index in [-0.39, 0.29) is 0 Å².